The van der Waals surface area contributed by atoms with Crippen LogP contribution >= 0.6 is 0 Å². The highest BCUT2D eigenvalue weighted by atomic mass is 16.4. The highest BCUT2D eigenvalue weighted by Gasteiger charge is 2.22. The van der Waals surface area contributed by atoms with Gasteiger partial charge in [-0.2, -0.15) is 4.98 Å². The fraction of sp³-hybridized carbons (Fsp3) is 0.296. The summed E-state index contributed by atoms with van der Waals surface area (Å²) in [5, 5.41) is 21.3. The van der Waals surface area contributed by atoms with Crippen LogP contribution in [0.15, 0.2) is 47.1 Å². The summed E-state index contributed by atoms with van der Waals surface area (Å²) >= 11 is 0. The molecule has 3 heterocycles. The zero-order valence-corrected chi connectivity index (χ0v) is 21.8. The number of rotatable bonds is 5. The van der Waals surface area contributed by atoms with Gasteiger partial charge in [-0.3, -0.25) is 5.41 Å². The summed E-state index contributed by atoms with van der Waals surface area (Å²) in [6, 6.07) is 11.6. The number of hydrogen-bond acceptors (Lipinski definition) is 9. The van der Waals surface area contributed by atoms with E-state index in [0.717, 1.165) is 24.6 Å². The molecule has 5 rings (SSSR count). The summed E-state index contributed by atoms with van der Waals surface area (Å²) in [4.78, 5) is 12.6. The first-order chi connectivity index (χ1) is 18.0. The number of fused-ring (bicyclic) bond motifs is 2. The second kappa shape index (κ2) is 12.5. The molecule has 0 bridgehead atoms. The van der Waals surface area contributed by atoms with Crippen molar-refractivity contribution in [1.29, 1.82) is 10.7 Å². The van der Waals surface area contributed by atoms with Gasteiger partial charge in [-0.1, -0.05) is 57.8 Å². The maximum absolute atomic E-state index is 9.20. The van der Waals surface area contributed by atoms with Gasteiger partial charge in [0.2, 0.25) is 0 Å². The molecule has 0 saturated heterocycles. The van der Waals surface area contributed by atoms with Crippen LogP contribution in [0.25, 0.3) is 11.1 Å². The van der Waals surface area contributed by atoms with E-state index in [4.69, 9.17) is 21.3 Å². The van der Waals surface area contributed by atoms with Crippen LogP contribution < -0.4 is 16.8 Å². The van der Waals surface area contributed by atoms with Crippen LogP contribution in [-0.4, -0.2) is 27.4 Å². The Morgan fingerprint density at radius 3 is 2.65 bits per heavy atom. The Hall–Kier alpha value is -4.39. The van der Waals surface area contributed by atoms with E-state index in [2.05, 4.69) is 44.4 Å². The Morgan fingerprint density at radius 2 is 1.89 bits per heavy atom. The van der Waals surface area contributed by atoms with Crippen LogP contribution in [-0.2, 0) is 19.3 Å². The first kappa shape index (κ1) is 27.2. The van der Waals surface area contributed by atoms with Crippen molar-refractivity contribution >= 4 is 41.2 Å². The number of aryl methyl sites for hydroxylation is 1. The van der Waals surface area contributed by atoms with Gasteiger partial charge < -0.3 is 21.2 Å². The minimum atomic E-state index is 0.0757. The molecule has 37 heavy (non-hydrogen) atoms. The zero-order valence-electron chi connectivity index (χ0n) is 21.8. The van der Waals surface area contributed by atoms with Gasteiger partial charge in [-0.05, 0) is 42.1 Å². The van der Waals surface area contributed by atoms with Gasteiger partial charge in [0.1, 0.15) is 23.5 Å². The molecule has 2 aromatic heterocycles. The predicted molar refractivity (Wildman–Crippen MR) is 151 cm³/mol. The first-order valence-electron chi connectivity index (χ1n) is 12.6. The molecule has 0 spiro atoms. The number of hydrogen-bond donors (Lipinski definition) is 4. The summed E-state index contributed by atoms with van der Waals surface area (Å²) in [5.41, 5.74) is 17.7. The maximum Gasteiger partial charge on any atom is 0.292 e. The number of nitrogens with two attached hydrogens (primary N) is 2. The smallest absolute Gasteiger partial charge is 0.292 e. The number of nitriles is 1. The van der Waals surface area contributed by atoms with E-state index < -0.39 is 0 Å². The van der Waals surface area contributed by atoms with Crippen molar-refractivity contribution in [3.63, 3.8) is 0 Å². The molecule has 0 saturated carbocycles. The topological polar surface area (TPSA) is 164 Å². The average Bonchev–Trinajstić information content (AvgIpc) is 3.32. The highest BCUT2D eigenvalue weighted by Crippen LogP contribution is 2.26. The van der Waals surface area contributed by atoms with E-state index in [1.165, 1.54) is 17.5 Å². The third-order valence-electron chi connectivity index (χ3n) is 5.96. The van der Waals surface area contributed by atoms with Crippen molar-refractivity contribution in [3.05, 3.63) is 70.5 Å². The van der Waals surface area contributed by atoms with Crippen molar-refractivity contribution in [2.45, 2.75) is 53.3 Å². The van der Waals surface area contributed by atoms with Crippen molar-refractivity contribution in [2.75, 3.05) is 16.8 Å². The molecule has 190 valence electrons. The average molecular weight is 496 g/mol. The fourth-order valence-corrected chi connectivity index (χ4v) is 4.24. The second-order valence-electron chi connectivity index (χ2n) is 8.12. The summed E-state index contributed by atoms with van der Waals surface area (Å²) < 4.78 is 5.31. The molecule has 4 aromatic rings. The molecule has 6 N–H and O–H groups in total. The van der Waals surface area contributed by atoms with Crippen molar-refractivity contribution in [3.8, 4) is 5.97 Å². The number of nitrogen functional groups attached to an aromatic ring is 2. The molecule has 0 fully saturated rings. The minimum Gasteiger partial charge on any atom is -0.424 e. The summed E-state index contributed by atoms with van der Waals surface area (Å²) in [6.07, 6.45) is 3.99. The van der Waals surface area contributed by atoms with Gasteiger partial charge >= 0.3 is 0 Å². The third-order valence-corrected chi connectivity index (χ3v) is 5.96. The van der Waals surface area contributed by atoms with Gasteiger partial charge in [0.25, 0.3) is 12.7 Å². The van der Waals surface area contributed by atoms with E-state index in [1.54, 1.807) is 18.2 Å². The molecule has 9 nitrogen and oxygen atoms in total. The quantitative estimate of drug-likeness (QED) is 0.220. The van der Waals surface area contributed by atoms with Gasteiger partial charge in [0, 0.05) is 18.1 Å². The first-order valence-corrected chi connectivity index (χ1v) is 12.6. The van der Waals surface area contributed by atoms with Crippen LogP contribution in [0.2, 0.25) is 6.32 Å². The zero-order chi connectivity index (χ0) is 26.9. The summed E-state index contributed by atoms with van der Waals surface area (Å²) in [7, 11) is 0. The third kappa shape index (κ3) is 6.06. The Labute approximate surface area is 217 Å². The van der Waals surface area contributed by atoms with E-state index in [-0.39, 0.29) is 24.3 Å². The standard InChI is InChI=1S/C23H21BN8O.2C2H6/c25-11-24-6-5-14-7-13(1-2-16(14)9-24)10-29-22-19(21(27)30-12-31-22)20(26)15-3-4-18-17(8-15)32-23(28)33-18;2*1-2/h1-4,7-8,12,26H,5-6,9-10H2,(H2,28,32)(H3,27,29,30,31);2*1-2H3. The Balaban J connectivity index is 0.000000907. The fourth-order valence-electron chi connectivity index (χ4n) is 4.24. The molecule has 1 aliphatic heterocycles. The monoisotopic (exact) mass is 496 g/mol. The Morgan fingerprint density at radius 1 is 1.11 bits per heavy atom. The largest absolute Gasteiger partial charge is 0.424 e. The summed E-state index contributed by atoms with van der Waals surface area (Å²) in [6.45, 7) is 8.62. The predicted octanol–water partition coefficient (Wildman–Crippen LogP) is 5.06. The Kier molecular flexibility index (Phi) is 9.22. The minimum absolute atomic E-state index is 0.0757. The van der Waals surface area contributed by atoms with Gasteiger partial charge in [0.15, 0.2) is 5.58 Å². The molecule has 0 atom stereocenters. The SMILES string of the molecule is CC.CC.N#CB1CCc2cc(CNc3ncnc(N)c3C(=N)c3ccc4oc(N)nc4c3)ccc2C1. The lowest BCUT2D eigenvalue weighted by Gasteiger charge is -2.19. The molecule has 1 aliphatic rings. The van der Waals surface area contributed by atoms with Gasteiger partial charge in [0.05, 0.1) is 11.3 Å². The van der Waals surface area contributed by atoms with Crippen molar-refractivity contribution in [2.24, 2.45) is 0 Å². The maximum atomic E-state index is 9.20. The van der Waals surface area contributed by atoms with E-state index in [0.29, 0.717) is 34.6 Å². The number of aromatic nitrogens is 3. The van der Waals surface area contributed by atoms with Crippen LogP contribution in [0.5, 0.6) is 0 Å². The van der Waals surface area contributed by atoms with Crippen LogP contribution in [0, 0.1) is 16.6 Å². The van der Waals surface area contributed by atoms with E-state index in [1.807, 2.05) is 27.7 Å². The number of nitrogens with one attached hydrogen (secondary N) is 2. The highest BCUT2D eigenvalue weighted by molar-refractivity contribution is 6.66. The van der Waals surface area contributed by atoms with Gasteiger partial charge in [-0.15, -0.1) is 0 Å². The van der Waals surface area contributed by atoms with Crippen molar-refractivity contribution < 1.29 is 4.42 Å². The molecule has 10 heteroatoms. The lowest BCUT2D eigenvalue weighted by Crippen LogP contribution is -2.22. The molecular weight excluding hydrogens is 463 g/mol. The Bertz CT molecular complexity index is 1430. The van der Waals surface area contributed by atoms with Gasteiger partial charge in [-0.25, -0.2) is 15.2 Å². The van der Waals surface area contributed by atoms with Crippen LogP contribution in [0.1, 0.15) is 55.5 Å². The normalized spacial score (nSPS) is 11.8. The molecular formula is C27H33BN8O. The van der Waals surface area contributed by atoms with Crippen molar-refractivity contribution in [1.82, 2.24) is 15.0 Å². The van der Waals surface area contributed by atoms with Crippen LogP contribution in [0.4, 0.5) is 17.7 Å². The lowest BCUT2D eigenvalue weighted by molar-refractivity contribution is 0.626. The molecule has 2 aromatic carbocycles. The number of nitrogens with zero attached hydrogens (tertiary/aromatic N) is 4. The molecule has 0 radical (unpaired) electrons. The summed E-state index contributed by atoms with van der Waals surface area (Å²) in [5.74, 6) is 3.07. The molecule has 0 unspecified atom stereocenters. The number of oxazole rings is 1. The van der Waals surface area contributed by atoms with Crippen LogP contribution in [0.3, 0.4) is 0 Å². The van der Waals surface area contributed by atoms with E-state index >= 15 is 0 Å². The second-order valence-corrected chi connectivity index (χ2v) is 8.12. The number of anilines is 3. The lowest BCUT2D eigenvalue weighted by atomic mass is 9.42. The number of benzene rings is 2. The van der Waals surface area contributed by atoms with E-state index in [9.17, 15) is 5.26 Å². The molecule has 0 aliphatic carbocycles. The molecule has 0 amide bonds.